The molecule has 0 rings (SSSR count). The van der Waals surface area contributed by atoms with Gasteiger partial charge in [-0.15, -0.1) is 13.2 Å². The summed E-state index contributed by atoms with van der Waals surface area (Å²) >= 11 is 0. The van der Waals surface area contributed by atoms with Crippen molar-refractivity contribution in [3.63, 3.8) is 0 Å². The second-order valence-corrected chi connectivity index (χ2v) is 3.55. The van der Waals surface area contributed by atoms with Gasteiger partial charge in [-0.3, -0.25) is 0 Å². The van der Waals surface area contributed by atoms with Crippen molar-refractivity contribution in [1.29, 1.82) is 0 Å². The maximum Gasteiger partial charge on any atom is 0.331 e. The zero-order chi connectivity index (χ0) is 11.2. The van der Waals surface area contributed by atoms with Crippen LogP contribution in [0.25, 0.3) is 0 Å². The second kappa shape index (κ2) is 5.43. The van der Waals surface area contributed by atoms with Crippen LogP contribution in [0.15, 0.2) is 37.0 Å². The number of rotatable bonds is 6. The molecule has 0 saturated heterocycles. The van der Waals surface area contributed by atoms with Gasteiger partial charge in [-0.1, -0.05) is 25.2 Å². The van der Waals surface area contributed by atoms with Crippen molar-refractivity contribution >= 4 is 5.97 Å². The Morgan fingerprint density at radius 2 is 1.79 bits per heavy atom. The third-order valence-corrected chi connectivity index (χ3v) is 2.36. The summed E-state index contributed by atoms with van der Waals surface area (Å²) in [6.07, 6.45) is 6.43. The van der Waals surface area contributed by atoms with Gasteiger partial charge in [0.15, 0.2) is 0 Å². The molecule has 0 saturated carbocycles. The highest BCUT2D eigenvalue weighted by Crippen LogP contribution is 2.35. The lowest BCUT2D eigenvalue weighted by Gasteiger charge is -2.27. The van der Waals surface area contributed by atoms with E-state index in [2.05, 4.69) is 13.2 Å². The summed E-state index contributed by atoms with van der Waals surface area (Å²) in [6, 6.07) is 0. The summed E-state index contributed by atoms with van der Waals surface area (Å²) in [5.74, 6) is -0.862. The van der Waals surface area contributed by atoms with Gasteiger partial charge in [-0.05, 0) is 19.8 Å². The van der Waals surface area contributed by atoms with Crippen LogP contribution >= 0.6 is 0 Å². The molecule has 0 aromatic rings. The molecule has 0 aromatic carbocycles. The maximum atomic E-state index is 11.0. The number of aliphatic carboxylic acids is 1. The number of carboxylic acid groups (broad SMARTS) is 1. The summed E-state index contributed by atoms with van der Waals surface area (Å²) in [5, 5.41) is 9.03. The third-order valence-electron chi connectivity index (χ3n) is 2.36. The van der Waals surface area contributed by atoms with Crippen LogP contribution in [0.5, 0.6) is 0 Å². The van der Waals surface area contributed by atoms with Gasteiger partial charge in [0.05, 0.1) is 0 Å². The average Bonchev–Trinajstić information content (AvgIpc) is 2.04. The smallest absolute Gasteiger partial charge is 0.331 e. The number of carbonyl (C=O) groups is 1. The van der Waals surface area contributed by atoms with Gasteiger partial charge >= 0.3 is 5.97 Å². The van der Waals surface area contributed by atoms with Gasteiger partial charge < -0.3 is 5.11 Å². The van der Waals surface area contributed by atoms with Crippen LogP contribution in [0.4, 0.5) is 0 Å². The predicted molar refractivity (Wildman–Crippen MR) is 59.1 cm³/mol. The first-order valence-electron chi connectivity index (χ1n) is 4.63. The minimum Gasteiger partial charge on any atom is -0.478 e. The van der Waals surface area contributed by atoms with Crippen LogP contribution in [0, 0.1) is 5.41 Å². The molecule has 0 atom stereocenters. The quantitative estimate of drug-likeness (QED) is 0.521. The monoisotopic (exact) mass is 194 g/mol. The van der Waals surface area contributed by atoms with Gasteiger partial charge in [-0.2, -0.15) is 0 Å². The van der Waals surface area contributed by atoms with Gasteiger partial charge in [0.1, 0.15) is 0 Å². The Morgan fingerprint density at radius 3 is 2.00 bits per heavy atom. The fraction of sp³-hybridized carbons (Fsp3) is 0.417. The molecule has 78 valence electrons. The van der Waals surface area contributed by atoms with E-state index in [1.54, 1.807) is 25.2 Å². The van der Waals surface area contributed by atoms with Gasteiger partial charge in [0.25, 0.3) is 0 Å². The molecule has 0 aliphatic rings. The Morgan fingerprint density at radius 1 is 1.36 bits per heavy atom. The minimum absolute atomic E-state index is 0.385. The van der Waals surface area contributed by atoms with E-state index in [1.165, 1.54) is 0 Å². The number of allylic oxidation sites excluding steroid dienone is 3. The maximum absolute atomic E-state index is 11.0. The molecule has 1 N–H and O–H groups in total. The number of hydrogen-bond acceptors (Lipinski definition) is 1. The molecule has 0 spiro atoms. The molecule has 0 aromatic heterocycles. The Labute approximate surface area is 85.6 Å². The summed E-state index contributed by atoms with van der Waals surface area (Å²) in [7, 11) is 0. The van der Waals surface area contributed by atoms with E-state index in [0.717, 1.165) is 0 Å². The topological polar surface area (TPSA) is 37.3 Å². The van der Waals surface area contributed by atoms with Crippen molar-refractivity contribution in [2.24, 2.45) is 5.41 Å². The SMILES string of the molecule is C=CCC(C)(CC=C)C(=CC)C(=O)O. The highest BCUT2D eigenvalue weighted by molar-refractivity contribution is 5.88. The van der Waals surface area contributed by atoms with Gasteiger partial charge in [0, 0.05) is 11.0 Å². The lowest BCUT2D eigenvalue weighted by atomic mass is 9.76. The van der Waals surface area contributed by atoms with Crippen molar-refractivity contribution in [3.05, 3.63) is 37.0 Å². The van der Waals surface area contributed by atoms with Gasteiger partial charge in [0.2, 0.25) is 0 Å². The van der Waals surface area contributed by atoms with E-state index >= 15 is 0 Å². The van der Waals surface area contributed by atoms with Crippen molar-refractivity contribution in [1.82, 2.24) is 0 Å². The van der Waals surface area contributed by atoms with E-state index in [4.69, 9.17) is 5.11 Å². The highest BCUT2D eigenvalue weighted by atomic mass is 16.4. The molecule has 0 amide bonds. The fourth-order valence-electron chi connectivity index (χ4n) is 1.67. The molecule has 0 aliphatic carbocycles. The first-order valence-corrected chi connectivity index (χ1v) is 4.63. The van der Waals surface area contributed by atoms with Crippen molar-refractivity contribution in [3.8, 4) is 0 Å². The molecular weight excluding hydrogens is 176 g/mol. The minimum atomic E-state index is -0.862. The Balaban J connectivity index is 5.04. The van der Waals surface area contributed by atoms with Crippen molar-refractivity contribution in [2.45, 2.75) is 26.7 Å². The molecular formula is C12H18O2. The molecule has 2 nitrogen and oxygen atoms in total. The Bertz CT molecular complexity index is 251. The van der Waals surface area contributed by atoms with Crippen molar-refractivity contribution in [2.75, 3.05) is 0 Å². The summed E-state index contributed by atoms with van der Waals surface area (Å²) in [6.45, 7) is 11.0. The predicted octanol–water partition coefficient (Wildman–Crippen LogP) is 3.18. The lowest BCUT2D eigenvalue weighted by molar-refractivity contribution is -0.133. The van der Waals surface area contributed by atoms with Crippen LogP contribution in [0.2, 0.25) is 0 Å². The molecule has 0 bridgehead atoms. The number of hydrogen-bond donors (Lipinski definition) is 1. The first kappa shape index (κ1) is 12.7. The molecule has 2 heteroatoms. The summed E-state index contributed by atoms with van der Waals surface area (Å²) in [5.41, 5.74) is 0.0432. The van der Waals surface area contributed by atoms with Crippen LogP contribution in [0.1, 0.15) is 26.7 Å². The van der Waals surface area contributed by atoms with Crippen LogP contribution in [-0.2, 0) is 4.79 Å². The molecule has 14 heavy (non-hydrogen) atoms. The molecule has 0 unspecified atom stereocenters. The normalized spacial score (nSPS) is 12.3. The lowest BCUT2D eigenvalue weighted by Crippen LogP contribution is -2.23. The standard InChI is InChI=1S/C12H18O2/c1-5-8-12(4,9-6-2)10(7-3)11(13)14/h5-7H,1-2,8-9H2,3-4H3,(H,13,14). The van der Waals surface area contributed by atoms with E-state index in [1.807, 2.05) is 6.92 Å². The Kier molecular flexibility index (Phi) is 4.92. The zero-order valence-corrected chi connectivity index (χ0v) is 8.92. The van der Waals surface area contributed by atoms with E-state index < -0.39 is 5.97 Å². The van der Waals surface area contributed by atoms with E-state index in [-0.39, 0.29) is 5.41 Å². The molecule has 0 aliphatic heterocycles. The number of carboxylic acids is 1. The second-order valence-electron chi connectivity index (χ2n) is 3.55. The van der Waals surface area contributed by atoms with E-state index in [0.29, 0.717) is 18.4 Å². The zero-order valence-electron chi connectivity index (χ0n) is 8.92. The van der Waals surface area contributed by atoms with E-state index in [9.17, 15) is 4.79 Å². The molecule has 0 fully saturated rings. The first-order chi connectivity index (χ1) is 6.51. The fourth-order valence-corrected chi connectivity index (χ4v) is 1.67. The van der Waals surface area contributed by atoms with Crippen molar-refractivity contribution < 1.29 is 9.90 Å². The summed E-state index contributed by atoms with van der Waals surface area (Å²) < 4.78 is 0. The third kappa shape index (κ3) is 2.87. The molecule has 0 radical (unpaired) electrons. The summed E-state index contributed by atoms with van der Waals surface area (Å²) in [4.78, 5) is 11.0. The Hall–Kier alpha value is -1.31. The highest BCUT2D eigenvalue weighted by Gasteiger charge is 2.30. The van der Waals surface area contributed by atoms with Crippen LogP contribution in [-0.4, -0.2) is 11.1 Å². The van der Waals surface area contributed by atoms with Crippen LogP contribution < -0.4 is 0 Å². The largest absolute Gasteiger partial charge is 0.478 e. The average molecular weight is 194 g/mol. The van der Waals surface area contributed by atoms with Gasteiger partial charge in [-0.25, -0.2) is 4.79 Å². The molecule has 0 heterocycles. The van der Waals surface area contributed by atoms with Crippen LogP contribution in [0.3, 0.4) is 0 Å².